The van der Waals surface area contributed by atoms with Gasteiger partial charge in [0.1, 0.15) is 0 Å². The molecule has 0 saturated heterocycles. The summed E-state index contributed by atoms with van der Waals surface area (Å²) in [4.78, 5) is 23.3. The van der Waals surface area contributed by atoms with Crippen molar-refractivity contribution in [3.63, 3.8) is 0 Å². The van der Waals surface area contributed by atoms with Gasteiger partial charge in [-0.05, 0) is 12.8 Å². The Kier molecular flexibility index (Phi) is 1.76. The van der Waals surface area contributed by atoms with Crippen LogP contribution in [0.15, 0.2) is 0 Å². The van der Waals surface area contributed by atoms with Crippen LogP contribution in [0.25, 0.3) is 0 Å². The van der Waals surface area contributed by atoms with Gasteiger partial charge in [0, 0.05) is 22.1 Å². The van der Waals surface area contributed by atoms with Gasteiger partial charge in [0.25, 0.3) is 0 Å². The number of hydrogen-bond acceptors (Lipinski definition) is 2. The Balaban J connectivity index is 2.55. The molecule has 72 valence electrons. The molecule has 0 radical (unpaired) electrons. The molecule has 0 aromatic carbocycles. The summed E-state index contributed by atoms with van der Waals surface area (Å²) in [5, 5.41) is 0.749. The summed E-state index contributed by atoms with van der Waals surface area (Å²) in [7, 11) is 0. The molecule has 2 nitrogen and oxygen atoms in total. The van der Waals surface area contributed by atoms with Gasteiger partial charge >= 0.3 is 0 Å². The molecule has 2 fully saturated rings. The highest BCUT2D eigenvalue weighted by molar-refractivity contribution is 9.09. The van der Waals surface area contributed by atoms with Crippen LogP contribution < -0.4 is 0 Å². The first-order chi connectivity index (χ1) is 5.97. The number of carbonyl (C=O) groups is 2. The standard InChI is InChI=1S/C10H13BrO2/c1-9-4-3-6(7(12)8(9)13)10(9,2)5-11/h6H,3-5H2,1-2H3/t6-,9+,10-/m0/s1. The molecule has 3 heteroatoms. The van der Waals surface area contributed by atoms with Crippen molar-refractivity contribution >= 4 is 27.5 Å². The van der Waals surface area contributed by atoms with Crippen LogP contribution in [-0.2, 0) is 9.59 Å². The molecule has 0 N–H and O–H groups in total. The lowest BCUT2D eigenvalue weighted by molar-refractivity contribution is -0.141. The Morgan fingerprint density at radius 2 is 2.08 bits per heavy atom. The number of carbonyl (C=O) groups excluding carboxylic acids is 2. The fourth-order valence-corrected chi connectivity index (χ4v) is 3.90. The van der Waals surface area contributed by atoms with Gasteiger partial charge in [0.15, 0.2) is 0 Å². The quantitative estimate of drug-likeness (QED) is 0.522. The van der Waals surface area contributed by atoms with E-state index in [0.29, 0.717) is 0 Å². The highest BCUT2D eigenvalue weighted by atomic mass is 79.9. The second-order valence-electron chi connectivity index (χ2n) is 4.67. The first-order valence-corrected chi connectivity index (χ1v) is 5.74. The Morgan fingerprint density at radius 3 is 2.38 bits per heavy atom. The van der Waals surface area contributed by atoms with E-state index in [1.807, 2.05) is 6.92 Å². The molecule has 0 amide bonds. The average Bonchev–Trinajstić information content (AvgIpc) is 2.44. The minimum absolute atomic E-state index is 0.0237. The Hall–Kier alpha value is -0.180. The van der Waals surface area contributed by atoms with Crippen molar-refractivity contribution in [2.45, 2.75) is 26.7 Å². The molecule has 0 aliphatic heterocycles. The number of rotatable bonds is 1. The summed E-state index contributed by atoms with van der Waals surface area (Å²) in [5.74, 6) is -0.286. The normalized spacial score (nSPS) is 49.0. The predicted molar refractivity (Wildman–Crippen MR) is 52.7 cm³/mol. The molecule has 2 bridgehead atoms. The van der Waals surface area contributed by atoms with Crippen LogP contribution in [0.1, 0.15) is 26.7 Å². The van der Waals surface area contributed by atoms with E-state index in [1.165, 1.54) is 0 Å². The average molecular weight is 245 g/mol. The van der Waals surface area contributed by atoms with Crippen LogP contribution >= 0.6 is 15.9 Å². The van der Waals surface area contributed by atoms with Crippen LogP contribution in [0.4, 0.5) is 0 Å². The lowest BCUT2D eigenvalue weighted by Crippen LogP contribution is -2.36. The van der Waals surface area contributed by atoms with Gasteiger partial charge in [-0.25, -0.2) is 0 Å². The summed E-state index contributed by atoms with van der Waals surface area (Å²) in [6, 6.07) is 0. The zero-order chi connectivity index (χ0) is 9.85. The number of hydrogen-bond donors (Lipinski definition) is 0. The summed E-state index contributed by atoms with van der Waals surface area (Å²) in [6.45, 7) is 4.00. The maximum absolute atomic E-state index is 11.7. The Labute approximate surface area is 86.2 Å². The minimum atomic E-state index is -0.391. The van der Waals surface area contributed by atoms with Crippen molar-refractivity contribution in [2.24, 2.45) is 16.7 Å². The molecule has 2 rings (SSSR count). The van der Waals surface area contributed by atoms with Gasteiger partial charge in [-0.3, -0.25) is 9.59 Å². The van der Waals surface area contributed by atoms with Crippen molar-refractivity contribution < 1.29 is 9.59 Å². The van der Waals surface area contributed by atoms with Crippen LogP contribution in [0.5, 0.6) is 0 Å². The molecular weight excluding hydrogens is 232 g/mol. The number of alkyl halides is 1. The second kappa shape index (κ2) is 2.44. The number of fused-ring (bicyclic) bond motifs is 2. The molecule has 0 spiro atoms. The summed E-state index contributed by atoms with van der Waals surface area (Å²) in [6.07, 6.45) is 1.77. The molecule has 0 heterocycles. The molecule has 0 aromatic heterocycles. The maximum Gasteiger partial charge on any atom is 0.205 e. The van der Waals surface area contributed by atoms with Crippen LogP contribution in [-0.4, -0.2) is 16.9 Å². The Bertz CT molecular complexity index is 299. The van der Waals surface area contributed by atoms with E-state index in [2.05, 4.69) is 22.9 Å². The van der Waals surface area contributed by atoms with E-state index in [9.17, 15) is 9.59 Å². The minimum Gasteiger partial charge on any atom is -0.291 e. The van der Waals surface area contributed by atoms with E-state index in [4.69, 9.17) is 0 Å². The fourth-order valence-electron chi connectivity index (χ4n) is 2.89. The first-order valence-electron chi connectivity index (χ1n) is 4.62. The number of Topliss-reactive ketones (excluding diaryl/α,β-unsaturated/α-hetero) is 2. The van der Waals surface area contributed by atoms with E-state index >= 15 is 0 Å². The molecule has 2 saturated carbocycles. The largest absolute Gasteiger partial charge is 0.291 e. The van der Waals surface area contributed by atoms with Gasteiger partial charge in [-0.15, -0.1) is 0 Å². The molecular formula is C10H13BrO2. The van der Waals surface area contributed by atoms with Crippen molar-refractivity contribution in [3.05, 3.63) is 0 Å². The molecule has 3 atom stereocenters. The zero-order valence-corrected chi connectivity index (χ0v) is 9.48. The van der Waals surface area contributed by atoms with Crippen molar-refractivity contribution in [2.75, 3.05) is 5.33 Å². The van der Waals surface area contributed by atoms with Crippen molar-refractivity contribution in [3.8, 4) is 0 Å². The van der Waals surface area contributed by atoms with E-state index in [-0.39, 0.29) is 22.9 Å². The Morgan fingerprint density at radius 1 is 1.46 bits per heavy atom. The third-order valence-corrected chi connectivity index (χ3v) is 5.45. The molecule has 2 aliphatic carbocycles. The van der Waals surface area contributed by atoms with Gasteiger partial charge in [-0.2, -0.15) is 0 Å². The first kappa shape index (κ1) is 9.38. The molecule has 2 aliphatic rings. The van der Waals surface area contributed by atoms with Gasteiger partial charge in [0.05, 0.1) is 0 Å². The van der Waals surface area contributed by atoms with E-state index in [0.717, 1.165) is 18.2 Å². The molecule has 0 unspecified atom stereocenters. The van der Waals surface area contributed by atoms with Crippen molar-refractivity contribution in [1.29, 1.82) is 0 Å². The van der Waals surface area contributed by atoms with Crippen LogP contribution in [0.2, 0.25) is 0 Å². The SMILES string of the molecule is C[C@]1(CBr)[C@H]2CC[C@]1(C)C(=O)C2=O. The van der Waals surface area contributed by atoms with Crippen LogP contribution in [0, 0.1) is 16.7 Å². The number of halogens is 1. The second-order valence-corrected chi connectivity index (χ2v) is 5.23. The van der Waals surface area contributed by atoms with Crippen LogP contribution in [0.3, 0.4) is 0 Å². The maximum atomic E-state index is 11.7. The summed E-state index contributed by atoms with van der Waals surface area (Å²) >= 11 is 3.44. The van der Waals surface area contributed by atoms with Gasteiger partial charge in [0.2, 0.25) is 11.6 Å². The smallest absolute Gasteiger partial charge is 0.205 e. The summed E-state index contributed by atoms with van der Waals surface area (Å²) < 4.78 is 0. The third-order valence-electron chi connectivity index (χ3n) is 4.28. The topological polar surface area (TPSA) is 34.1 Å². The predicted octanol–water partition coefficient (Wildman–Crippen LogP) is 1.96. The molecule has 0 aromatic rings. The third kappa shape index (κ3) is 0.797. The van der Waals surface area contributed by atoms with E-state index < -0.39 is 5.41 Å². The van der Waals surface area contributed by atoms with E-state index in [1.54, 1.807) is 0 Å². The number of ketones is 2. The highest BCUT2D eigenvalue weighted by Gasteiger charge is 2.67. The lowest BCUT2D eigenvalue weighted by Gasteiger charge is -2.33. The lowest BCUT2D eigenvalue weighted by atomic mass is 9.70. The van der Waals surface area contributed by atoms with Gasteiger partial charge in [-0.1, -0.05) is 29.8 Å². The monoisotopic (exact) mass is 244 g/mol. The zero-order valence-electron chi connectivity index (χ0n) is 7.89. The van der Waals surface area contributed by atoms with Gasteiger partial charge < -0.3 is 0 Å². The summed E-state index contributed by atoms with van der Waals surface area (Å²) in [5.41, 5.74) is -0.528. The molecule has 13 heavy (non-hydrogen) atoms. The fraction of sp³-hybridized carbons (Fsp3) is 0.800. The van der Waals surface area contributed by atoms with Crippen molar-refractivity contribution in [1.82, 2.24) is 0 Å². The highest BCUT2D eigenvalue weighted by Crippen LogP contribution is 2.62.